The second kappa shape index (κ2) is 10.1. The summed E-state index contributed by atoms with van der Waals surface area (Å²) in [6.45, 7) is 0.258. The Morgan fingerprint density at radius 3 is 2.39 bits per heavy atom. The molecule has 3 N–H and O–H groups in total. The third-order valence-corrected chi connectivity index (χ3v) is 4.52. The molecule has 1 aromatic heterocycles. The van der Waals surface area contributed by atoms with Crippen LogP contribution >= 0.6 is 11.3 Å². The summed E-state index contributed by atoms with van der Waals surface area (Å²) in [5.74, 6) is -2.15. The number of hydrogen-bond acceptors (Lipinski definition) is 5. The molecule has 0 aliphatic rings. The third-order valence-electron chi connectivity index (χ3n) is 3.82. The molecule has 0 bridgehead atoms. The van der Waals surface area contributed by atoms with E-state index in [4.69, 9.17) is 5.11 Å². The van der Waals surface area contributed by atoms with Gasteiger partial charge in [0.2, 0.25) is 0 Å². The van der Waals surface area contributed by atoms with Crippen LogP contribution in [0.15, 0.2) is 41.1 Å². The number of anilines is 1. The van der Waals surface area contributed by atoms with Crippen molar-refractivity contribution >= 4 is 28.8 Å². The maximum atomic E-state index is 12.1. The molecule has 1 atom stereocenters. The molecule has 152 valence electrons. The number of nitrogens with one attached hydrogen (secondary N) is 2. The molecule has 0 aliphatic carbocycles. The number of rotatable bonds is 8. The molecule has 1 unspecified atom stereocenters. The minimum absolute atomic E-state index is 0.0169. The molecule has 0 saturated carbocycles. The number of thiophene rings is 1. The highest BCUT2D eigenvalue weighted by molar-refractivity contribution is 7.07. The van der Waals surface area contributed by atoms with Gasteiger partial charge in [-0.1, -0.05) is 0 Å². The second-order valence-corrected chi connectivity index (χ2v) is 6.62. The van der Waals surface area contributed by atoms with Crippen LogP contribution in [0.5, 0.6) is 5.75 Å². The van der Waals surface area contributed by atoms with Gasteiger partial charge in [-0.25, -0.2) is 0 Å². The highest BCUT2D eigenvalue weighted by Crippen LogP contribution is 2.25. The van der Waals surface area contributed by atoms with E-state index >= 15 is 0 Å². The van der Waals surface area contributed by atoms with Crippen LogP contribution < -0.4 is 15.4 Å². The summed E-state index contributed by atoms with van der Waals surface area (Å²) in [4.78, 5) is 23.8. The van der Waals surface area contributed by atoms with Gasteiger partial charge in [0.25, 0.3) is 0 Å². The maximum absolute atomic E-state index is 12.1. The SMILES string of the molecule is O=C(NCCC(CCO)c1ccsc1)C(=O)Nc1ccc(OC(F)(F)F)cc1. The Morgan fingerprint density at radius 1 is 1.11 bits per heavy atom. The predicted molar refractivity (Wildman–Crippen MR) is 98.1 cm³/mol. The normalized spacial score (nSPS) is 12.3. The average Bonchev–Trinajstić information content (AvgIpc) is 3.15. The van der Waals surface area contributed by atoms with Gasteiger partial charge < -0.3 is 20.5 Å². The van der Waals surface area contributed by atoms with Crippen LogP contribution in [0.3, 0.4) is 0 Å². The molecular weight excluding hydrogens is 397 g/mol. The van der Waals surface area contributed by atoms with Crippen molar-refractivity contribution in [2.75, 3.05) is 18.5 Å². The Labute approximate surface area is 163 Å². The van der Waals surface area contributed by atoms with Crippen molar-refractivity contribution in [2.45, 2.75) is 25.1 Å². The molecule has 6 nitrogen and oxygen atoms in total. The molecule has 2 rings (SSSR count). The van der Waals surface area contributed by atoms with Crippen LogP contribution in [-0.4, -0.2) is 36.4 Å². The number of ether oxygens (including phenoxy) is 1. The quantitative estimate of drug-likeness (QED) is 0.577. The summed E-state index contributed by atoms with van der Waals surface area (Å²) < 4.78 is 40.1. The van der Waals surface area contributed by atoms with Crippen molar-refractivity contribution in [1.29, 1.82) is 0 Å². The maximum Gasteiger partial charge on any atom is 0.573 e. The third kappa shape index (κ3) is 7.20. The number of alkyl halides is 3. The van der Waals surface area contributed by atoms with E-state index in [9.17, 15) is 22.8 Å². The second-order valence-electron chi connectivity index (χ2n) is 5.84. The number of aliphatic hydroxyl groups excluding tert-OH is 1. The summed E-state index contributed by atoms with van der Waals surface area (Å²) in [5, 5.41) is 17.8. The molecule has 0 spiro atoms. The lowest BCUT2D eigenvalue weighted by Gasteiger charge is -2.15. The van der Waals surface area contributed by atoms with Crippen molar-refractivity contribution in [2.24, 2.45) is 0 Å². The fourth-order valence-electron chi connectivity index (χ4n) is 2.51. The van der Waals surface area contributed by atoms with Gasteiger partial charge in [0, 0.05) is 18.8 Å². The first kappa shape index (κ1) is 21.7. The highest BCUT2D eigenvalue weighted by Gasteiger charge is 2.31. The zero-order chi connectivity index (χ0) is 20.6. The van der Waals surface area contributed by atoms with Gasteiger partial charge in [-0.3, -0.25) is 9.59 Å². The summed E-state index contributed by atoms with van der Waals surface area (Å²) in [6.07, 6.45) is -3.70. The van der Waals surface area contributed by atoms with Crippen LogP contribution in [0.25, 0.3) is 0 Å². The summed E-state index contributed by atoms with van der Waals surface area (Å²) in [6, 6.07) is 6.40. The van der Waals surface area contributed by atoms with Crippen molar-refractivity contribution in [3.05, 3.63) is 46.7 Å². The molecule has 1 heterocycles. The monoisotopic (exact) mass is 416 g/mol. The first-order valence-electron chi connectivity index (χ1n) is 8.36. The Kier molecular flexibility index (Phi) is 7.82. The smallest absolute Gasteiger partial charge is 0.406 e. The first-order chi connectivity index (χ1) is 13.3. The number of amides is 2. The molecule has 28 heavy (non-hydrogen) atoms. The minimum Gasteiger partial charge on any atom is -0.406 e. The lowest BCUT2D eigenvalue weighted by molar-refractivity contribution is -0.274. The number of hydrogen-bond donors (Lipinski definition) is 3. The molecule has 0 radical (unpaired) electrons. The van der Waals surface area contributed by atoms with Crippen LogP contribution in [0.1, 0.15) is 24.3 Å². The summed E-state index contributed by atoms with van der Waals surface area (Å²) in [7, 11) is 0. The molecule has 0 fully saturated rings. The van der Waals surface area contributed by atoms with Gasteiger partial charge in [0.05, 0.1) is 0 Å². The van der Waals surface area contributed by atoms with E-state index in [0.29, 0.717) is 12.8 Å². The van der Waals surface area contributed by atoms with Gasteiger partial charge in [-0.05, 0) is 65.4 Å². The lowest BCUT2D eigenvalue weighted by atomic mass is 9.95. The summed E-state index contributed by atoms with van der Waals surface area (Å²) >= 11 is 1.54. The van der Waals surface area contributed by atoms with Gasteiger partial charge in [-0.2, -0.15) is 11.3 Å². The van der Waals surface area contributed by atoms with E-state index in [1.165, 1.54) is 23.5 Å². The number of carbonyl (C=O) groups excluding carboxylic acids is 2. The number of carbonyl (C=O) groups is 2. The van der Waals surface area contributed by atoms with Crippen LogP contribution in [0, 0.1) is 0 Å². The van der Waals surface area contributed by atoms with E-state index < -0.39 is 23.9 Å². The van der Waals surface area contributed by atoms with E-state index in [1.807, 2.05) is 16.8 Å². The molecule has 10 heteroatoms. The fraction of sp³-hybridized carbons (Fsp3) is 0.333. The number of halogens is 3. The van der Waals surface area contributed by atoms with Crippen LogP contribution in [0.2, 0.25) is 0 Å². The standard InChI is InChI=1S/C18H19F3N2O4S/c19-18(20,21)27-15-3-1-14(2-4-15)23-17(26)16(25)22-8-5-12(6-9-24)13-7-10-28-11-13/h1-4,7,10-12,24H,5-6,8-9H2,(H,22,25)(H,23,26). The molecule has 2 aromatic rings. The lowest BCUT2D eigenvalue weighted by Crippen LogP contribution is -2.36. The predicted octanol–water partition coefficient (Wildman–Crippen LogP) is 3.26. The Morgan fingerprint density at radius 2 is 1.82 bits per heavy atom. The summed E-state index contributed by atoms with van der Waals surface area (Å²) in [5.41, 5.74) is 1.23. The van der Waals surface area contributed by atoms with Crippen molar-refractivity contribution in [1.82, 2.24) is 5.32 Å². The van der Waals surface area contributed by atoms with Gasteiger partial charge in [0.1, 0.15) is 5.75 Å². The molecule has 1 aromatic carbocycles. The van der Waals surface area contributed by atoms with E-state index in [1.54, 1.807) is 0 Å². The average molecular weight is 416 g/mol. The van der Waals surface area contributed by atoms with Crippen molar-refractivity contribution in [3.8, 4) is 5.75 Å². The van der Waals surface area contributed by atoms with Crippen LogP contribution in [0.4, 0.5) is 18.9 Å². The molecular formula is C18H19F3N2O4S. The topological polar surface area (TPSA) is 87.7 Å². The Hall–Kier alpha value is -2.59. The first-order valence-corrected chi connectivity index (χ1v) is 9.30. The Bertz CT molecular complexity index is 764. The number of aliphatic hydroxyl groups is 1. The minimum atomic E-state index is -4.80. The zero-order valence-corrected chi connectivity index (χ0v) is 15.5. The van der Waals surface area contributed by atoms with E-state index in [-0.39, 0.29) is 24.8 Å². The van der Waals surface area contributed by atoms with E-state index in [2.05, 4.69) is 15.4 Å². The largest absolute Gasteiger partial charge is 0.573 e. The fourth-order valence-corrected chi connectivity index (χ4v) is 3.25. The highest BCUT2D eigenvalue weighted by atomic mass is 32.1. The number of benzene rings is 1. The van der Waals surface area contributed by atoms with Crippen LogP contribution in [-0.2, 0) is 9.59 Å². The zero-order valence-electron chi connectivity index (χ0n) is 14.7. The molecule has 2 amide bonds. The Balaban J connectivity index is 1.80. The molecule has 0 saturated heterocycles. The van der Waals surface area contributed by atoms with Gasteiger partial charge in [0.15, 0.2) is 0 Å². The van der Waals surface area contributed by atoms with Gasteiger partial charge in [-0.15, -0.1) is 13.2 Å². The van der Waals surface area contributed by atoms with Gasteiger partial charge >= 0.3 is 18.2 Å². The van der Waals surface area contributed by atoms with E-state index in [0.717, 1.165) is 17.7 Å². The van der Waals surface area contributed by atoms with Crippen molar-refractivity contribution in [3.63, 3.8) is 0 Å². The van der Waals surface area contributed by atoms with Crippen molar-refractivity contribution < 1.29 is 32.6 Å². The molecule has 0 aliphatic heterocycles.